The van der Waals surface area contributed by atoms with Gasteiger partial charge in [0, 0.05) is 31.6 Å². The number of hydrogen-bond donors (Lipinski definition) is 0. The van der Waals surface area contributed by atoms with Crippen molar-refractivity contribution in [2.45, 2.75) is 11.8 Å². The molecule has 2 amide bonds. The number of hydrazone groups is 1. The molecule has 2 unspecified atom stereocenters. The Labute approximate surface area is 187 Å². The van der Waals surface area contributed by atoms with Crippen LogP contribution in [0.5, 0.6) is 0 Å². The number of benzene rings is 3. The van der Waals surface area contributed by atoms with E-state index in [-0.39, 0.29) is 23.7 Å². The largest absolute Gasteiger partial charge is 0.378 e. The molecule has 3 aromatic carbocycles. The summed E-state index contributed by atoms with van der Waals surface area (Å²) in [6.07, 6.45) is 1.61. The van der Waals surface area contributed by atoms with Crippen molar-refractivity contribution in [3.05, 3.63) is 101 Å². The van der Waals surface area contributed by atoms with Gasteiger partial charge in [0.2, 0.25) is 0 Å². The van der Waals surface area contributed by atoms with Crippen LogP contribution in [0.15, 0.2) is 77.9 Å². The number of carbonyl (C=O) groups excluding carboxylic acids is 2. The van der Waals surface area contributed by atoms with Crippen LogP contribution in [0, 0.1) is 11.8 Å². The molecular weight excluding hydrogens is 398 g/mol. The smallest absolute Gasteiger partial charge is 0.254 e. The Balaban J connectivity index is 1.39. The summed E-state index contributed by atoms with van der Waals surface area (Å²) in [5.74, 6) is -1.39. The molecule has 0 spiro atoms. The van der Waals surface area contributed by atoms with E-state index in [9.17, 15) is 9.59 Å². The molecular formula is C27H23N3O2. The van der Waals surface area contributed by atoms with Crippen molar-refractivity contribution in [1.29, 1.82) is 0 Å². The number of nitrogens with zero attached hydrogens (tertiary/aromatic N) is 3. The highest BCUT2D eigenvalue weighted by atomic mass is 16.2. The Morgan fingerprint density at radius 1 is 0.719 bits per heavy atom. The molecule has 0 saturated carbocycles. The van der Waals surface area contributed by atoms with E-state index in [4.69, 9.17) is 0 Å². The second-order valence-electron chi connectivity index (χ2n) is 8.98. The third kappa shape index (κ3) is 2.54. The van der Waals surface area contributed by atoms with Crippen LogP contribution in [0.2, 0.25) is 0 Å². The van der Waals surface area contributed by atoms with E-state index < -0.39 is 11.8 Å². The van der Waals surface area contributed by atoms with E-state index in [2.05, 4.69) is 29.4 Å². The van der Waals surface area contributed by atoms with Crippen LogP contribution in [0.1, 0.15) is 39.7 Å². The fourth-order valence-electron chi connectivity index (χ4n) is 5.76. The van der Waals surface area contributed by atoms with Gasteiger partial charge in [-0.3, -0.25) is 9.59 Å². The van der Waals surface area contributed by atoms with Crippen LogP contribution in [0.25, 0.3) is 0 Å². The zero-order chi connectivity index (χ0) is 22.0. The van der Waals surface area contributed by atoms with Crippen LogP contribution in [-0.2, 0) is 9.59 Å². The van der Waals surface area contributed by atoms with Crippen molar-refractivity contribution in [1.82, 2.24) is 5.01 Å². The van der Waals surface area contributed by atoms with E-state index >= 15 is 0 Å². The zero-order valence-corrected chi connectivity index (χ0v) is 18.0. The van der Waals surface area contributed by atoms with Crippen LogP contribution in [-0.4, -0.2) is 37.1 Å². The van der Waals surface area contributed by atoms with Crippen molar-refractivity contribution < 1.29 is 9.59 Å². The van der Waals surface area contributed by atoms with Gasteiger partial charge in [-0.05, 0) is 39.9 Å². The van der Waals surface area contributed by atoms with Gasteiger partial charge in [-0.15, -0.1) is 0 Å². The lowest BCUT2D eigenvalue weighted by molar-refractivity contribution is -0.139. The summed E-state index contributed by atoms with van der Waals surface area (Å²) < 4.78 is 0. The summed E-state index contributed by atoms with van der Waals surface area (Å²) >= 11 is 0. The highest BCUT2D eigenvalue weighted by molar-refractivity contribution is 6.08. The summed E-state index contributed by atoms with van der Waals surface area (Å²) in [5.41, 5.74) is 6.61. The van der Waals surface area contributed by atoms with E-state index in [0.29, 0.717) is 0 Å². The van der Waals surface area contributed by atoms with Gasteiger partial charge in [0.1, 0.15) is 0 Å². The lowest BCUT2D eigenvalue weighted by atomic mass is 9.55. The second-order valence-corrected chi connectivity index (χ2v) is 8.98. The topological polar surface area (TPSA) is 53.0 Å². The average Bonchev–Trinajstić information content (AvgIpc) is 3.08. The third-order valence-electron chi connectivity index (χ3n) is 7.16. The first-order chi connectivity index (χ1) is 15.6. The lowest BCUT2D eigenvalue weighted by Crippen LogP contribution is -2.41. The monoisotopic (exact) mass is 421 g/mol. The molecule has 2 bridgehead atoms. The molecule has 0 radical (unpaired) electrons. The second kappa shape index (κ2) is 6.89. The van der Waals surface area contributed by atoms with Gasteiger partial charge in [0.05, 0.1) is 18.1 Å². The van der Waals surface area contributed by atoms with Gasteiger partial charge >= 0.3 is 0 Å². The molecule has 0 aromatic heterocycles. The molecule has 3 aliphatic carbocycles. The predicted octanol–water partition coefficient (Wildman–Crippen LogP) is 3.98. The number of hydrogen-bond acceptors (Lipinski definition) is 4. The predicted molar refractivity (Wildman–Crippen MR) is 124 cm³/mol. The van der Waals surface area contributed by atoms with Crippen molar-refractivity contribution in [3.63, 3.8) is 0 Å². The molecule has 0 N–H and O–H groups in total. The molecule has 158 valence electrons. The van der Waals surface area contributed by atoms with Gasteiger partial charge in [0.15, 0.2) is 0 Å². The van der Waals surface area contributed by atoms with E-state index in [1.54, 1.807) is 6.21 Å². The zero-order valence-electron chi connectivity index (χ0n) is 18.0. The molecule has 7 rings (SSSR count). The van der Waals surface area contributed by atoms with Gasteiger partial charge in [-0.1, -0.05) is 60.7 Å². The third-order valence-corrected chi connectivity index (χ3v) is 7.16. The summed E-state index contributed by atoms with van der Waals surface area (Å²) in [7, 11) is 3.97. The maximum Gasteiger partial charge on any atom is 0.254 e. The maximum absolute atomic E-state index is 13.5. The normalized spacial score (nSPS) is 25.1. The Hall–Kier alpha value is -3.73. The van der Waals surface area contributed by atoms with Crippen LogP contribution < -0.4 is 4.90 Å². The molecule has 32 heavy (non-hydrogen) atoms. The summed E-state index contributed by atoms with van der Waals surface area (Å²) in [5, 5.41) is 5.49. The molecule has 1 fully saturated rings. The maximum atomic E-state index is 13.5. The fraction of sp³-hybridized carbons (Fsp3) is 0.222. The van der Waals surface area contributed by atoms with Crippen LogP contribution in [0.3, 0.4) is 0 Å². The Morgan fingerprint density at radius 3 is 1.56 bits per heavy atom. The van der Waals surface area contributed by atoms with Gasteiger partial charge < -0.3 is 4.90 Å². The molecule has 1 aliphatic heterocycles. The average molecular weight is 422 g/mol. The van der Waals surface area contributed by atoms with Crippen molar-refractivity contribution in [3.8, 4) is 0 Å². The Kier molecular flexibility index (Phi) is 4.09. The number of rotatable bonds is 3. The molecule has 1 saturated heterocycles. The van der Waals surface area contributed by atoms with E-state index in [0.717, 1.165) is 16.3 Å². The quantitative estimate of drug-likeness (QED) is 0.475. The molecule has 3 aromatic rings. The minimum absolute atomic E-state index is 0.103. The van der Waals surface area contributed by atoms with Crippen molar-refractivity contribution in [2.24, 2.45) is 16.9 Å². The standard InChI is InChI=1S/C27H23N3O2/c1-29(2)17-13-11-16(12-14-17)15-28-30-26(31)24-22-18-7-3-4-8-19(18)23(25(24)27(30)32)21-10-6-5-9-20(21)22/h3-15,22-25H,1-2H3/b28-15-. The van der Waals surface area contributed by atoms with Crippen molar-refractivity contribution in [2.75, 3.05) is 19.0 Å². The van der Waals surface area contributed by atoms with E-state index in [1.807, 2.05) is 67.5 Å². The highest BCUT2D eigenvalue weighted by Crippen LogP contribution is 2.60. The first-order valence-electron chi connectivity index (χ1n) is 10.9. The lowest BCUT2D eigenvalue weighted by Gasteiger charge is -2.45. The summed E-state index contributed by atoms with van der Waals surface area (Å²) in [6.45, 7) is 0. The number of carbonyl (C=O) groups is 2. The van der Waals surface area contributed by atoms with Gasteiger partial charge in [0.25, 0.3) is 11.8 Å². The first-order valence-corrected chi connectivity index (χ1v) is 10.9. The molecule has 5 nitrogen and oxygen atoms in total. The van der Waals surface area contributed by atoms with Crippen LogP contribution >= 0.6 is 0 Å². The number of anilines is 1. The SMILES string of the molecule is CN(C)c1ccc(/C=N\N2C(=O)C3C4c5ccccc5C(c5ccccc54)C3C2=O)cc1. The van der Waals surface area contributed by atoms with Gasteiger partial charge in [-0.25, -0.2) is 0 Å². The minimum atomic E-state index is -0.398. The molecule has 5 heteroatoms. The van der Waals surface area contributed by atoms with E-state index in [1.165, 1.54) is 22.3 Å². The summed E-state index contributed by atoms with van der Waals surface area (Å²) in [4.78, 5) is 29.0. The number of amides is 2. The molecule has 2 atom stereocenters. The molecule has 4 aliphatic rings. The minimum Gasteiger partial charge on any atom is -0.378 e. The van der Waals surface area contributed by atoms with Gasteiger partial charge in [-0.2, -0.15) is 10.1 Å². The van der Waals surface area contributed by atoms with Crippen LogP contribution in [0.4, 0.5) is 5.69 Å². The Morgan fingerprint density at radius 2 is 1.16 bits per heavy atom. The number of imide groups is 1. The Bertz CT molecular complexity index is 1160. The fourth-order valence-corrected chi connectivity index (χ4v) is 5.76. The molecule has 1 heterocycles. The summed E-state index contributed by atoms with van der Waals surface area (Å²) in [6, 6.07) is 24.4. The van der Waals surface area contributed by atoms with Crippen molar-refractivity contribution >= 4 is 23.7 Å². The highest BCUT2D eigenvalue weighted by Gasteiger charge is 2.61. The first kappa shape index (κ1) is 19.0.